The van der Waals surface area contributed by atoms with Gasteiger partial charge in [-0.15, -0.1) is 0 Å². The molecule has 0 bridgehead atoms. The van der Waals surface area contributed by atoms with Crippen LogP contribution in [0.25, 0.3) is 11.7 Å². The van der Waals surface area contributed by atoms with E-state index in [0.29, 0.717) is 10.8 Å². The Morgan fingerprint density at radius 1 is 1.26 bits per heavy atom. The average molecular weight is 327 g/mol. The Morgan fingerprint density at radius 2 is 2.04 bits per heavy atom. The Bertz CT molecular complexity index is 884. The lowest BCUT2D eigenvalue weighted by atomic mass is 10.1. The molecule has 2 heterocycles. The van der Waals surface area contributed by atoms with E-state index in [1.807, 2.05) is 60.0 Å². The van der Waals surface area contributed by atoms with Gasteiger partial charge >= 0.3 is 5.97 Å². The van der Waals surface area contributed by atoms with Crippen molar-refractivity contribution >= 4 is 29.3 Å². The SMILES string of the molecule is Cc1ccccc1COC(=O)/C=C/c1c(Cl)nc2ccccn12. The Labute approximate surface area is 139 Å². The fourth-order valence-electron chi connectivity index (χ4n) is 2.25. The van der Waals surface area contributed by atoms with Crippen LogP contribution in [-0.4, -0.2) is 15.4 Å². The van der Waals surface area contributed by atoms with Crippen LogP contribution < -0.4 is 0 Å². The zero-order valence-electron chi connectivity index (χ0n) is 12.6. The molecular formula is C18H15ClN2O2. The van der Waals surface area contributed by atoms with Gasteiger partial charge in [-0.1, -0.05) is 41.9 Å². The minimum Gasteiger partial charge on any atom is -0.458 e. The van der Waals surface area contributed by atoms with E-state index in [1.54, 1.807) is 6.08 Å². The van der Waals surface area contributed by atoms with E-state index in [9.17, 15) is 4.79 Å². The molecule has 3 aromatic rings. The first kappa shape index (κ1) is 15.3. The van der Waals surface area contributed by atoms with E-state index in [-0.39, 0.29) is 6.61 Å². The van der Waals surface area contributed by atoms with Crippen LogP contribution in [0.4, 0.5) is 0 Å². The number of carbonyl (C=O) groups excluding carboxylic acids is 1. The highest BCUT2D eigenvalue weighted by Gasteiger charge is 2.08. The van der Waals surface area contributed by atoms with Crippen molar-refractivity contribution in [2.45, 2.75) is 13.5 Å². The molecule has 0 fully saturated rings. The van der Waals surface area contributed by atoms with Gasteiger partial charge in [-0.2, -0.15) is 0 Å². The summed E-state index contributed by atoms with van der Waals surface area (Å²) in [4.78, 5) is 16.1. The maximum absolute atomic E-state index is 11.9. The monoisotopic (exact) mass is 326 g/mol. The summed E-state index contributed by atoms with van der Waals surface area (Å²) < 4.78 is 7.07. The standard InChI is InChI=1S/C18H15ClN2O2/c1-13-6-2-3-7-14(13)12-23-17(22)10-9-15-18(19)20-16-8-4-5-11-21(15)16/h2-11H,12H2,1H3/b10-9+. The van der Waals surface area contributed by atoms with Crippen molar-refractivity contribution in [2.75, 3.05) is 0 Å². The molecule has 5 heteroatoms. The van der Waals surface area contributed by atoms with Crippen molar-refractivity contribution in [1.29, 1.82) is 0 Å². The van der Waals surface area contributed by atoms with Gasteiger partial charge in [0.15, 0.2) is 5.15 Å². The van der Waals surface area contributed by atoms with Gasteiger partial charge in [0.05, 0.1) is 5.69 Å². The first-order valence-electron chi connectivity index (χ1n) is 7.17. The predicted octanol–water partition coefficient (Wildman–Crippen LogP) is 4.05. The van der Waals surface area contributed by atoms with E-state index in [1.165, 1.54) is 6.08 Å². The Hall–Kier alpha value is -2.59. The Kier molecular flexibility index (Phi) is 4.44. The van der Waals surface area contributed by atoms with Crippen molar-refractivity contribution in [1.82, 2.24) is 9.38 Å². The lowest BCUT2D eigenvalue weighted by Gasteiger charge is -2.05. The Balaban J connectivity index is 1.71. The molecule has 3 rings (SSSR count). The van der Waals surface area contributed by atoms with Gasteiger partial charge in [0.1, 0.15) is 12.3 Å². The number of fused-ring (bicyclic) bond motifs is 1. The molecule has 2 aromatic heterocycles. The number of esters is 1. The molecule has 0 unspecified atom stereocenters. The van der Waals surface area contributed by atoms with Gasteiger partial charge < -0.3 is 4.74 Å². The van der Waals surface area contributed by atoms with Crippen LogP contribution in [-0.2, 0) is 16.1 Å². The van der Waals surface area contributed by atoms with Gasteiger partial charge in [-0.25, -0.2) is 9.78 Å². The number of benzene rings is 1. The average Bonchev–Trinajstić information content (AvgIpc) is 2.87. The molecular weight excluding hydrogens is 312 g/mol. The van der Waals surface area contributed by atoms with E-state index in [2.05, 4.69) is 4.98 Å². The smallest absolute Gasteiger partial charge is 0.331 e. The van der Waals surface area contributed by atoms with Crippen LogP contribution in [0.1, 0.15) is 16.8 Å². The molecule has 0 aliphatic rings. The summed E-state index contributed by atoms with van der Waals surface area (Å²) in [7, 11) is 0. The minimum atomic E-state index is -0.421. The summed E-state index contributed by atoms with van der Waals surface area (Å²) in [5, 5.41) is 0.346. The number of hydrogen-bond donors (Lipinski definition) is 0. The van der Waals surface area contributed by atoms with E-state index >= 15 is 0 Å². The third-order valence-electron chi connectivity index (χ3n) is 3.53. The van der Waals surface area contributed by atoms with E-state index in [0.717, 1.165) is 16.8 Å². The number of pyridine rings is 1. The van der Waals surface area contributed by atoms with Crippen molar-refractivity contribution in [3.05, 3.63) is 76.7 Å². The number of carbonyl (C=O) groups is 1. The molecule has 0 N–H and O–H groups in total. The van der Waals surface area contributed by atoms with Crippen LogP contribution in [0.2, 0.25) is 5.15 Å². The summed E-state index contributed by atoms with van der Waals surface area (Å²) >= 11 is 6.11. The molecule has 0 radical (unpaired) electrons. The summed E-state index contributed by atoms with van der Waals surface area (Å²) in [6.07, 6.45) is 4.82. The quantitative estimate of drug-likeness (QED) is 0.536. The summed E-state index contributed by atoms with van der Waals surface area (Å²) in [5.41, 5.74) is 3.46. The van der Waals surface area contributed by atoms with E-state index in [4.69, 9.17) is 16.3 Å². The predicted molar refractivity (Wildman–Crippen MR) is 90.2 cm³/mol. The van der Waals surface area contributed by atoms with Crippen LogP contribution in [0, 0.1) is 6.92 Å². The van der Waals surface area contributed by atoms with Gasteiger partial charge in [-0.3, -0.25) is 4.40 Å². The van der Waals surface area contributed by atoms with Crippen molar-refractivity contribution < 1.29 is 9.53 Å². The van der Waals surface area contributed by atoms with Crippen molar-refractivity contribution in [3.63, 3.8) is 0 Å². The third kappa shape index (κ3) is 3.43. The largest absolute Gasteiger partial charge is 0.458 e. The van der Waals surface area contributed by atoms with Crippen LogP contribution in [0.3, 0.4) is 0 Å². The second-order valence-corrected chi connectivity index (χ2v) is 5.44. The molecule has 0 amide bonds. The van der Waals surface area contributed by atoms with Gasteiger partial charge in [0, 0.05) is 12.3 Å². The van der Waals surface area contributed by atoms with Crippen LogP contribution in [0.5, 0.6) is 0 Å². The number of imidazole rings is 1. The fraction of sp³-hybridized carbons (Fsp3) is 0.111. The zero-order chi connectivity index (χ0) is 16.2. The van der Waals surface area contributed by atoms with Gasteiger partial charge in [0.2, 0.25) is 0 Å². The molecule has 116 valence electrons. The van der Waals surface area contributed by atoms with Gasteiger partial charge in [0.25, 0.3) is 0 Å². The maximum Gasteiger partial charge on any atom is 0.331 e. The first-order chi connectivity index (χ1) is 11.1. The maximum atomic E-state index is 11.9. The highest BCUT2D eigenvalue weighted by atomic mass is 35.5. The number of nitrogens with zero attached hydrogens (tertiary/aromatic N) is 2. The fourth-order valence-corrected chi connectivity index (χ4v) is 2.49. The molecule has 0 spiro atoms. The van der Waals surface area contributed by atoms with Crippen molar-refractivity contribution in [2.24, 2.45) is 0 Å². The lowest BCUT2D eigenvalue weighted by Crippen LogP contribution is -2.02. The summed E-state index contributed by atoms with van der Waals surface area (Å²) in [6.45, 7) is 2.23. The lowest BCUT2D eigenvalue weighted by molar-refractivity contribution is -0.138. The normalized spacial score (nSPS) is 11.2. The highest BCUT2D eigenvalue weighted by molar-refractivity contribution is 6.31. The molecule has 0 saturated carbocycles. The Morgan fingerprint density at radius 3 is 2.87 bits per heavy atom. The molecule has 0 aliphatic carbocycles. The molecule has 0 atom stereocenters. The molecule has 0 saturated heterocycles. The minimum absolute atomic E-state index is 0.247. The number of rotatable bonds is 4. The topological polar surface area (TPSA) is 43.6 Å². The van der Waals surface area contributed by atoms with Crippen LogP contribution in [0.15, 0.2) is 54.7 Å². The molecule has 1 aromatic carbocycles. The number of halogens is 1. The van der Waals surface area contributed by atoms with E-state index < -0.39 is 5.97 Å². The number of ether oxygens (including phenoxy) is 1. The zero-order valence-corrected chi connectivity index (χ0v) is 13.3. The van der Waals surface area contributed by atoms with Crippen LogP contribution >= 0.6 is 11.6 Å². The number of aromatic nitrogens is 2. The summed E-state index contributed by atoms with van der Waals surface area (Å²) in [5.74, 6) is -0.421. The number of aryl methyl sites for hydroxylation is 1. The first-order valence-corrected chi connectivity index (χ1v) is 7.55. The molecule has 4 nitrogen and oxygen atoms in total. The second-order valence-electron chi connectivity index (χ2n) is 5.08. The third-order valence-corrected chi connectivity index (χ3v) is 3.81. The molecule has 0 aliphatic heterocycles. The highest BCUT2D eigenvalue weighted by Crippen LogP contribution is 2.19. The van der Waals surface area contributed by atoms with Crippen molar-refractivity contribution in [3.8, 4) is 0 Å². The summed E-state index contributed by atoms with van der Waals surface area (Å²) in [6, 6.07) is 13.4. The number of hydrogen-bond acceptors (Lipinski definition) is 3. The van der Waals surface area contributed by atoms with Gasteiger partial charge in [-0.05, 0) is 36.3 Å². The molecule has 23 heavy (non-hydrogen) atoms. The second kappa shape index (κ2) is 6.67.